The van der Waals surface area contributed by atoms with E-state index in [1.165, 1.54) is 38.1 Å². The molecule has 2 N–H and O–H groups in total. The van der Waals surface area contributed by atoms with Crippen LogP contribution >= 0.6 is 0 Å². The monoisotopic (exact) mass is 556 g/mol. The summed E-state index contributed by atoms with van der Waals surface area (Å²) in [5.41, 5.74) is 6.19. The largest absolute Gasteiger partial charge is 0.482 e. The first-order valence-electron chi connectivity index (χ1n) is 13.5. The number of ether oxygens (including phenoxy) is 1. The van der Waals surface area contributed by atoms with Crippen LogP contribution in [0, 0.1) is 5.82 Å². The molecule has 1 aromatic heterocycles. The second-order valence-electron chi connectivity index (χ2n) is 10.4. The van der Waals surface area contributed by atoms with E-state index in [2.05, 4.69) is 9.88 Å². The van der Waals surface area contributed by atoms with Crippen molar-refractivity contribution in [1.29, 1.82) is 0 Å². The molecule has 10 heteroatoms. The Kier molecular flexibility index (Phi) is 7.98. The van der Waals surface area contributed by atoms with Gasteiger partial charge in [0.25, 0.3) is 5.91 Å². The van der Waals surface area contributed by atoms with E-state index in [0.717, 1.165) is 50.7 Å². The second kappa shape index (κ2) is 11.4. The van der Waals surface area contributed by atoms with E-state index >= 15 is 0 Å². The molecule has 0 saturated carbocycles. The highest BCUT2D eigenvalue weighted by atomic mass is 19.4. The zero-order valence-corrected chi connectivity index (χ0v) is 22.3. The third kappa shape index (κ3) is 5.91. The van der Waals surface area contributed by atoms with E-state index in [1.807, 2.05) is 4.90 Å². The predicted molar refractivity (Wildman–Crippen MR) is 144 cm³/mol. The van der Waals surface area contributed by atoms with Crippen LogP contribution in [-0.2, 0) is 6.18 Å². The summed E-state index contributed by atoms with van der Waals surface area (Å²) < 4.78 is 60.4. The Morgan fingerprint density at radius 3 is 2.50 bits per heavy atom. The summed E-state index contributed by atoms with van der Waals surface area (Å²) in [6.07, 6.45) is -0.0631. The number of hydrogen-bond acceptors (Lipinski definition) is 5. The van der Waals surface area contributed by atoms with Crippen molar-refractivity contribution < 1.29 is 27.1 Å². The van der Waals surface area contributed by atoms with Crippen LogP contribution in [0.2, 0.25) is 0 Å². The van der Waals surface area contributed by atoms with Crippen LogP contribution in [-0.4, -0.2) is 52.9 Å². The van der Waals surface area contributed by atoms with E-state index in [9.17, 15) is 22.4 Å². The Hall–Kier alpha value is -3.66. The lowest BCUT2D eigenvalue weighted by atomic mass is 10.0. The molecule has 6 nitrogen and oxygen atoms in total. The second-order valence-corrected chi connectivity index (χ2v) is 10.4. The smallest absolute Gasteiger partial charge is 0.419 e. The van der Waals surface area contributed by atoms with Gasteiger partial charge in [-0.3, -0.25) is 4.79 Å². The number of halogens is 4. The van der Waals surface area contributed by atoms with Crippen molar-refractivity contribution in [1.82, 2.24) is 14.8 Å². The summed E-state index contributed by atoms with van der Waals surface area (Å²) >= 11 is 0. The van der Waals surface area contributed by atoms with Crippen molar-refractivity contribution in [3.63, 3.8) is 0 Å². The number of likely N-dealkylation sites (tertiary alicyclic amines) is 2. The number of alkyl halides is 3. The molecule has 2 aliphatic rings. The van der Waals surface area contributed by atoms with Crippen molar-refractivity contribution in [2.75, 3.05) is 31.9 Å². The summed E-state index contributed by atoms with van der Waals surface area (Å²) in [5, 5.41) is 0. The van der Waals surface area contributed by atoms with Crippen LogP contribution in [0.3, 0.4) is 0 Å². The van der Waals surface area contributed by atoms with Crippen LogP contribution in [0.4, 0.5) is 23.4 Å². The highest BCUT2D eigenvalue weighted by molar-refractivity contribution is 5.95. The number of anilines is 1. The number of carbonyl (C=O) groups excluding carboxylic acids is 1. The minimum absolute atomic E-state index is 0.00885. The third-order valence-electron chi connectivity index (χ3n) is 7.72. The molecule has 0 radical (unpaired) electrons. The standard InChI is InChI=1S/C30H32F4N4O2/c1-19(24-7-4-8-25(31)27(24)30(32,33)34)40-26-16-22(17-36-28(26)35)20-9-11-21(12-10-20)29(39)38-15-5-6-23(38)18-37-13-2-3-14-37/h4,7-12,16-17,19,23H,2-3,5-6,13-15,18H2,1H3,(H2,35,36)/t19?,23-/m1/s1. The van der Waals surface area contributed by atoms with Gasteiger partial charge < -0.3 is 20.3 Å². The van der Waals surface area contributed by atoms with Crippen molar-refractivity contribution in [3.05, 3.63) is 77.2 Å². The van der Waals surface area contributed by atoms with E-state index in [1.54, 1.807) is 30.3 Å². The van der Waals surface area contributed by atoms with Crippen LogP contribution in [0.5, 0.6) is 5.75 Å². The Morgan fingerprint density at radius 1 is 1.07 bits per heavy atom. The number of rotatable bonds is 7. The molecule has 2 aromatic carbocycles. The van der Waals surface area contributed by atoms with Gasteiger partial charge in [0.05, 0.1) is 5.56 Å². The number of aromatic nitrogens is 1. The fourth-order valence-corrected chi connectivity index (χ4v) is 5.67. The number of nitrogens with two attached hydrogens (primary N) is 1. The van der Waals surface area contributed by atoms with E-state index in [4.69, 9.17) is 10.5 Å². The normalized spacial score (nSPS) is 18.7. The van der Waals surface area contributed by atoms with Gasteiger partial charge in [-0.25, -0.2) is 9.37 Å². The molecule has 3 aromatic rings. The minimum Gasteiger partial charge on any atom is -0.482 e. The molecule has 40 heavy (non-hydrogen) atoms. The maximum atomic E-state index is 14.1. The van der Waals surface area contributed by atoms with Gasteiger partial charge in [0.1, 0.15) is 11.9 Å². The highest BCUT2D eigenvalue weighted by Gasteiger charge is 2.38. The van der Waals surface area contributed by atoms with Crippen molar-refractivity contribution in [2.45, 2.75) is 50.9 Å². The molecule has 1 unspecified atom stereocenters. The van der Waals surface area contributed by atoms with Gasteiger partial charge in [-0.2, -0.15) is 13.2 Å². The fourth-order valence-electron chi connectivity index (χ4n) is 5.67. The molecule has 2 aliphatic heterocycles. The minimum atomic E-state index is -4.88. The van der Waals surface area contributed by atoms with E-state index in [0.29, 0.717) is 11.1 Å². The van der Waals surface area contributed by atoms with Gasteiger partial charge in [-0.05, 0) is 75.5 Å². The van der Waals surface area contributed by atoms with E-state index < -0.39 is 23.7 Å². The molecule has 3 heterocycles. The van der Waals surface area contributed by atoms with E-state index in [-0.39, 0.29) is 29.1 Å². The van der Waals surface area contributed by atoms with Crippen molar-refractivity contribution >= 4 is 11.7 Å². The topological polar surface area (TPSA) is 71.7 Å². The van der Waals surface area contributed by atoms with Crippen LogP contribution in [0.15, 0.2) is 54.7 Å². The number of pyridine rings is 1. The maximum Gasteiger partial charge on any atom is 0.419 e. The molecule has 2 fully saturated rings. The van der Waals surface area contributed by atoms with Crippen molar-refractivity contribution in [3.8, 4) is 16.9 Å². The van der Waals surface area contributed by atoms with Gasteiger partial charge in [0, 0.05) is 42.0 Å². The van der Waals surface area contributed by atoms with Gasteiger partial charge >= 0.3 is 6.18 Å². The summed E-state index contributed by atoms with van der Waals surface area (Å²) in [5.74, 6) is -1.29. The molecular weight excluding hydrogens is 524 g/mol. The van der Waals surface area contributed by atoms with Crippen LogP contribution in [0.25, 0.3) is 11.1 Å². The summed E-state index contributed by atoms with van der Waals surface area (Å²) in [4.78, 5) is 21.9. The Morgan fingerprint density at radius 2 is 1.80 bits per heavy atom. The Balaban J connectivity index is 1.32. The van der Waals surface area contributed by atoms with Gasteiger partial charge in [0.2, 0.25) is 0 Å². The fraction of sp³-hybridized carbons (Fsp3) is 0.400. The molecule has 5 rings (SSSR count). The molecule has 0 spiro atoms. The molecule has 2 saturated heterocycles. The molecule has 2 atom stereocenters. The van der Waals surface area contributed by atoms with Gasteiger partial charge in [0.15, 0.2) is 11.6 Å². The molecular formula is C30H32F4N4O2. The lowest BCUT2D eigenvalue weighted by Gasteiger charge is -2.28. The Bertz CT molecular complexity index is 1360. The predicted octanol–water partition coefficient (Wildman–Crippen LogP) is 6.33. The zero-order valence-electron chi connectivity index (χ0n) is 22.3. The Labute approximate surface area is 230 Å². The molecule has 1 amide bonds. The molecule has 0 bridgehead atoms. The first kappa shape index (κ1) is 27.9. The third-order valence-corrected chi connectivity index (χ3v) is 7.72. The zero-order chi connectivity index (χ0) is 28.4. The number of nitrogen functional groups attached to an aromatic ring is 1. The highest BCUT2D eigenvalue weighted by Crippen LogP contribution is 2.39. The quantitative estimate of drug-likeness (QED) is 0.345. The molecule has 0 aliphatic carbocycles. The summed E-state index contributed by atoms with van der Waals surface area (Å²) in [6.45, 7) is 5.26. The number of carbonyl (C=O) groups is 1. The van der Waals surface area contributed by atoms with Crippen LogP contribution < -0.4 is 10.5 Å². The first-order chi connectivity index (χ1) is 19.1. The number of hydrogen-bond donors (Lipinski definition) is 1. The number of amides is 1. The first-order valence-corrected chi connectivity index (χ1v) is 13.5. The van der Waals surface area contributed by atoms with Gasteiger partial charge in [-0.1, -0.05) is 24.3 Å². The summed E-state index contributed by atoms with van der Waals surface area (Å²) in [6, 6.07) is 12.1. The number of nitrogens with zero attached hydrogens (tertiary/aromatic N) is 3. The average Bonchev–Trinajstić information content (AvgIpc) is 3.61. The van der Waals surface area contributed by atoms with Crippen molar-refractivity contribution in [2.24, 2.45) is 0 Å². The average molecular weight is 557 g/mol. The van der Waals surface area contributed by atoms with Gasteiger partial charge in [-0.15, -0.1) is 0 Å². The van der Waals surface area contributed by atoms with Crippen LogP contribution in [0.1, 0.15) is 60.2 Å². The lowest BCUT2D eigenvalue weighted by Crippen LogP contribution is -2.42. The summed E-state index contributed by atoms with van der Waals surface area (Å²) in [7, 11) is 0. The molecule has 212 valence electrons. The number of benzene rings is 2. The SMILES string of the molecule is CC(Oc1cc(-c2ccc(C(=O)N3CCC[C@@H]3CN3CCCC3)cc2)cnc1N)c1cccc(F)c1C(F)(F)F. The lowest BCUT2D eigenvalue weighted by molar-refractivity contribution is -0.141. The maximum absolute atomic E-state index is 14.1.